The molecule has 2 aromatic rings. The molecule has 0 aliphatic carbocycles. The lowest BCUT2D eigenvalue weighted by Crippen LogP contribution is -2.37. The van der Waals surface area contributed by atoms with Crippen LogP contribution in [0.2, 0.25) is 10.0 Å². The van der Waals surface area contributed by atoms with E-state index in [1.54, 1.807) is 31.2 Å². The number of hydrogen-bond acceptors (Lipinski definition) is 4. The van der Waals surface area contributed by atoms with Crippen molar-refractivity contribution in [3.8, 4) is 0 Å². The van der Waals surface area contributed by atoms with Crippen LogP contribution in [0, 0.1) is 12.8 Å². The highest BCUT2D eigenvalue weighted by atomic mass is 35.5. The summed E-state index contributed by atoms with van der Waals surface area (Å²) >= 11 is 12.2. The van der Waals surface area contributed by atoms with Crippen LogP contribution in [-0.4, -0.2) is 36.5 Å². The van der Waals surface area contributed by atoms with Gasteiger partial charge in [0.25, 0.3) is 0 Å². The van der Waals surface area contributed by atoms with E-state index in [4.69, 9.17) is 27.9 Å². The predicted octanol–water partition coefficient (Wildman–Crippen LogP) is 5.33. The fourth-order valence-corrected chi connectivity index (χ4v) is 4.09. The molecule has 1 heterocycles. The molecule has 0 radical (unpaired) electrons. The summed E-state index contributed by atoms with van der Waals surface area (Å²) < 4.78 is 5.02. The van der Waals surface area contributed by atoms with Crippen LogP contribution in [0.25, 0.3) is 0 Å². The minimum atomic E-state index is -0.355. The molecule has 2 aromatic carbocycles. The smallest absolute Gasteiger partial charge is 0.338 e. The van der Waals surface area contributed by atoms with Crippen LogP contribution in [0.4, 0.5) is 5.69 Å². The molecule has 1 N–H and O–H groups in total. The first kappa shape index (κ1) is 22.6. The van der Waals surface area contributed by atoms with Crippen LogP contribution >= 0.6 is 23.2 Å². The standard InChI is InChI=1S/C23H26Cl2N2O3/c1-3-30-23(29)17-5-7-21(15(2)12-17)26-22(28)16-8-10-27(11-9-16)14-18-4-6-19(24)13-20(18)25/h4-7,12-13,16H,3,8-11,14H2,1-2H3,(H,26,28). The minimum absolute atomic E-state index is 0.0196. The van der Waals surface area contributed by atoms with Gasteiger partial charge in [-0.2, -0.15) is 0 Å². The summed E-state index contributed by atoms with van der Waals surface area (Å²) in [6, 6.07) is 10.7. The highest BCUT2D eigenvalue weighted by Crippen LogP contribution is 2.26. The molecule has 1 saturated heterocycles. The number of rotatable bonds is 6. The molecule has 160 valence electrons. The number of amides is 1. The summed E-state index contributed by atoms with van der Waals surface area (Å²) in [6.07, 6.45) is 1.58. The number of ether oxygens (including phenoxy) is 1. The zero-order chi connectivity index (χ0) is 21.7. The van der Waals surface area contributed by atoms with Crippen LogP contribution in [-0.2, 0) is 16.1 Å². The van der Waals surface area contributed by atoms with E-state index >= 15 is 0 Å². The summed E-state index contributed by atoms with van der Waals surface area (Å²) in [5, 5.41) is 4.31. The first-order chi connectivity index (χ1) is 14.4. The number of piperidine rings is 1. The monoisotopic (exact) mass is 448 g/mol. The van der Waals surface area contributed by atoms with Gasteiger partial charge in [0.1, 0.15) is 0 Å². The average molecular weight is 449 g/mol. The molecule has 0 atom stereocenters. The lowest BCUT2D eigenvalue weighted by atomic mass is 9.95. The van der Waals surface area contributed by atoms with E-state index < -0.39 is 0 Å². The lowest BCUT2D eigenvalue weighted by Gasteiger charge is -2.31. The normalized spacial score (nSPS) is 15.1. The second kappa shape index (κ2) is 10.3. The fraction of sp³-hybridized carbons (Fsp3) is 0.391. The van der Waals surface area contributed by atoms with E-state index in [1.807, 2.05) is 19.1 Å². The summed E-state index contributed by atoms with van der Waals surface area (Å²) in [7, 11) is 0. The maximum Gasteiger partial charge on any atom is 0.338 e. The van der Waals surface area contributed by atoms with Crippen molar-refractivity contribution in [2.24, 2.45) is 5.92 Å². The number of hydrogen-bond donors (Lipinski definition) is 1. The maximum atomic E-state index is 12.7. The van der Waals surface area contributed by atoms with E-state index in [0.717, 1.165) is 49.3 Å². The molecular formula is C23H26Cl2N2O3. The van der Waals surface area contributed by atoms with Crippen molar-refractivity contribution >= 4 is 40.8 Å². The van der Waals surface area contributed by atoms with Crippen molar-refractivity contribution in [1.82, 2.24) is 4.90 Å². The quantitative estimate of drug-likeness (QED) is 0.606. The van der Waals surface area contributed by atoms with E-state index in [2.05, 4.69) is 10.2 Å². The molecule has 3 rings (SSSR count). The number of carbonyl (C=O) groups excluding carboxylic acids is 2. The molecule has 0 aromatic heterocycles. The van der Waals surface area contributed by atoms with Gasteiger partial charge >= 0.3 is 5.97 Å². The summed E-state index contributed by atoms with van der Waals surface area (Å²) in [4.78, 5) is 26.9. The number of nitrogens with zero attached hydrogens (tertiary/aromatic N) is 1. The molecule has 0 unspecified atom stereocenters. The maximum absolute atomic E-state index is 12.7. The second-order valence-electron chi connectivity index (χ2n) is 7.53. The first-order valence-electron chi connectivity index (χ1n) is 10.1. The van der Waals surface area contributed by atoms with E-state index in [9.17, 15) is 9.59 Å². The third-order valence-electron chi connectivity index (χ3n) is 5.36. The van der Waals surface area contributed by atoms with Gasteiger partial charge in [-0.15, -0.1) is 0 Å². The Morgan fingerprint density at radius 1 is 1.13 bits per heavy atom. The van der Waals surface area contributed by atoms with Gasteiger partial charge in [-0.1, -0.05) is 29.3 Å². The van der Waals surface area contributed by atoms with Gasteiger partial charge < -0.3 is 10.1 Å². The Morgan fingerprint density at radius 2 is 1.87 bits per heavy atom. The number of carbonyl (C=O) groups is 2. The molecule has 30 heavy (non-hydrogen) atoms. The Kier molecular flexibility index (Phi) is 7.75. The molecule has 0 saturated carbocycles. The molecule has 0 spiro atoms. The number of halogens is 2. The molecule has 0 bridgehead atoms. The van der Waals surface area contributed by atoms with E-state index in [0.29, 0.717) is 22.2 Å². The van der Waals surface area contributed by atoms with Crippen LogP contribution in [0.5, 0.6) is 0 Å². The van der Waals surface area contributed by atoms with Gasteiger partial charge in [0.15, 0.2) is 0 Å². The molecule has 7 heteroatoms. The molecule has 1 fully saturated rings. The van der Waals surface area contributed by atoms with Gasteiger partial charge in [0.05, 0.1) is 12.2 Å². The number of nitrogens with one attached hydrogen (secondary N) is 1. The van der Waals surface area contributed by atoms with Gasteiger partial charge in [-0.05, 0) is 81.2 Å². The number of aryl methyl sites for hydroxylation is 1. The Hall–Kier alpha value is -2.08. The fourth-order valence-electron chi connectivity index (χ4n) is 3.62. The van der Waals surface area contributed by atoms with Crippen LogP contribution in [0.3, 0.4) is 0 Å². The number of likely N-dealkylation sites (tertiary alicyclic amines) is 1. The Morgan fingerprint density at radius 3 is 2.50 bits per heavy atom. The van der Waals surface area contributed by atoms with Crippen molar-refractivity contribution in [2.45, 2.75) is 33.2 Å². The van der Waals surface area contributed by atoms with Gasteiger partial charge in [-0.3, -0.25) is 9.69 Å². The Bertz CT molecular complexity index is 925. The van der Waals surface area contributed by atoms with Crippen molar-refractivity contribution in [3.05, 3.63) is 63.1 Å². The Labute approximate surface area is 187 Å². The number of esters is 1. The van der Waals surface area contributed by atoms with Crippen molar-refractivity contribution in [3.63, 3.8) is 0 Å². The minimum Gasteiger partial charge on any atom is -0.462 e. The summed E-state index contributed by atoms with van der Waals surface area (Å²) in [5.74, 6) is -0.371. The third kappa shape index (κ3) is 5.75. The van der Waals surface area contributed by atoms with Gasteiger partial charge in [0.2, 0.25) is 5.91 Å². The average Bonchev–Trinajstić information content (AvgIpc) is 2.72. The number of anilines is 1. The zero-order valence-electron chi connectivity index (χ0n) is 17.2. The Balaban J connectivity index is 1.53. The molecular weight excluding hydrogens is 423 g/mol. The van der Waals surface area contributed by atoms with Gasteiger partial charge in [0, 0.05) is 28.2 Å². The molecule has 1 aliphatic rings. The molecule has 1 aliphatic heterocycles. The van der Waals surface area contributed by atoms with Crippen LogP contribution < -0.4 is 5.32 Å². The predicted molar refractivity (Wildman–Crippen MR) is 120 cm³/mol. The van der Waals surface area contributed by atoms with Gasteiger partial charge in [-0.25, -0.2) is 4.79 Å². The van der Waals surface area contributed by atoms with E-state index in [-0.39, 0.29) is 17.8 Å². The van der Waals surface area contributed by atoms with Crippen molar-refractivity contribution in [1.29, 1.82) is 0 Å². The third-order valence-corrected chi connectivity index (χ3v) is 5.95. The molecule has 1 amide bonds. The largest absolute Gasteiger partial charge is 0.462 e. The first-order valence-corrected chi connectivity index (χ1v) is 10.9. The second-order valence-corrected chi connectivity index (χ2v) is 8.37. The van der Waals surface area contributed by atoms with Crippen LogP contribution in [0.15, 0.2) is 36.4 Å². The zero-order valence-corrected chi connectivity index (χ0v) is 18.7. The van der Waals surface area contributed by atoms with Crippen molar-refractivity contribution < 1.29 is 14.3 Å². The molecule has 5 nitrogen and oxygen atoms in total. The van der Waals surface area contributed by atoms with E-state index in [1.165, 1.54) is 0 Å². The van der Waals surface area contributed by atoms with Crippen LogP contribution in [0.1, 0.15) is 41.3 Å². The van der Waals surface area contributed by atoms with Crippen molar-refractivity contribution in [2.75, 3.05) is 25.0 Å². The lowest BCUT2D eigenvalue weighted by molar-refractivity contribution is -0.121. The topological polar surface area (TPSA) is 58.6 Å². The summed E-state index contributed by atoms with van der Waals surface area (Å²) in [5.41, 5.74) is 3.09. The summed E-state index contributed by atoms with van der Waals surface area (Å²) in [6.45, 7) is 6.39. The number of benzene rings is 2. The highest BCUT2D eigenvalue weighted by Gasteiger charge is 2.25. The SMILES string of the molecule is CCOC(=O)c1ccc(NC(=O)C2CCN(Cc3ccc(Cl)cc3Cl)CC2)c(C)c1. The highest BCUT2D eigenvalue weighted by molar-refractivity contribution is 6.35.